The topological polar surface area (TPSA) is 12.0 Å². The quantitative estimate of drug-likeness (QED) is 0.800. The Bertz CT molecular complexity index is 387. The van der Waals surface area contributed by atoms with Crippen LogP contribution in [0.15, 0.2) is 18.2 Å². The molecule has 5 heteroatoms. The van der Waals surface area contributed by atoms with Crippen LogP contribution in [-0.4, -0.2) is 18.8 Å². The van der Waals surface area contributed by atoms with Crippen LogP contribution < -0.4 is 5.32 Å². The molecule has 18 heavy (non-hydrogen) atoms. The molecule has 0 bridgehead atoms. The summed E-state index contributed by atoms with van der Waals surface area (Å²) < 4.78 is 51.3. The number of hydrogen-bond donors (Lipinski definition) is 1. The molecule has 0 saturated heterocycles. The molecule has 0 saturated carbocycles. The van der Waals surface area contributed by atoms with Gasteiger partial charge in [-0.1, -0.05) is 13.0 Å². The zero-order chi connectivity index (χ0) is 13.8. The van der Waals surface area contributed by atoms with Gasteiger partial charge in [0.1, 0.15) is 11.9 Å². The molecule has 0 heterocycles. The van der Waals surface area contributed by atoms with Crippen LogP contribution in [0.5, 0.6) is 0 Å². The van der Waals surface area contributed by atoms with Gasteiger partial charge in [0.05, 0.1) is 0 Å². The minimum Gasteiger partial charge on any atom is -0.306 e. The Morgan fingerprint density at radius 3 is 2.44 bits per heavy atom. The molecule has 1 atom stereocenters. The van der Waals surface area contributed by atoms with E-state index in [1.165, 1.54) is 18.2 Å². The average molecular weight is 263 g/mol. The van der Waals surface area contributed by atoms with Crippen LogP contribution in [0.2, 0.25) is 0 Å². The molecule has 1 nitrogen and oxygen atoms in total. The predicted molar refractivity (Wildman–Crippen MR) is 63.0 cm³/mol. The normalized spacial score (nSPS) is 13.7. The SMILES string of the molecule is CCCNC(Cc1ccc(F)cc1C)C(F)(F)F. The third-order valence-electron chi connectivity index (χ3n) is 2.76. The Hall–Kier alpha value is -1.10. The molecule has 0 amide bonds. The highest BCUT2D eigenvalue weighted by atomic mass is 19.4. The molecule has 0 aliphatic carbocycles. The molecule has 0 aliphatic heterocycles. The molecule has 1 aromatic rings. The third kappa shape index (κ3) is 4.29. The molecule has 1 aromatic carbocycles. The summed E-state index contributed by atoms with van der Waals surface area (Å²) in [6, 6.07) is 2.27. The molecule has 1 rings (SSSR count). The van der Waals surface area contributed by atoms with Crippen LogP contribution in [0.3, 0.4) is 0 Å². The maximum atomic E-state index is 12.9. The molecule has 0 fully saturated rings. The van der Waals surface area contributed by atoms with Crippen LogP contribution in [0.1, 0.15) is 24.5 Å². The summed E-state index contributed by atoms with van der Waals surface area (Å²) >= 11 is 0. The Morgan fingerprint density at radius 2 is 1.94 bits per heavy atom. The summed E-state index contributed by atoms with van der Waals surface area (Å²) in [5.74, 6) is -0.429. The van der Waals surface area contributed by atoms with Crippen LogP contribution >= 0.6 is 0 Å². The lowest BCUT2D eigenvalue weighted by Crippen LogP contribution is -2.44. The van der Waals surface area contributed by atoms with Gasteiger partial charge in [0.2, 0.25) is 0 Å². The van der Waals surface area contributed by atoms with Crippen molar-refractivity contribution in [2.24, 2.45) is 0 Å². The number of alkyl halides is 3. The van der Waals surface area contributed by atoms with Gasteiger partial charge in [0.25, 0.3) is 0 Å². The molecular weight excluding hydrogens is 246 g/mol. The van der Waals surface area contributed by atoms with E-state index in [-0.39, 0.29) is 6.42 Å². The van der Waals surface area contributed by atoms with Gasteiger partial charge < -0.3 is 5.32 Å². The lowest BCUT2D eigenvalue weighted by Gasteiger charge is -2.22. The summed E-state index contributed by atoms with van der Waals surface area (Å²) in [6.07, 6.45) is -3.83. The summed E-state index contributed by atoms with van der Waals surface area (Å²) in [5.41, 5.74) is 1.06. The highest BCUT2D eigenvalue weighted by molar-refractivity contribution is 5.27. The van der Waals surface area contributed by atoms with E-state index in [1.54, 1.807) is 6.92 Å². The predicted octanol–water partition coefficient (Wildman–Crippen LogP) is 3.61. The minimum atomic E-state index is -4.30. The first-order valence-corrected chi connectivity index (χ1v) is 5.89. The summed E-state index contributed by atoms with van der Waals surface area (Å²) in [7, 11) is 0. The first kappa shape index (κ1) is 15.0. The smallest absolute Gasteiger partial charge is 0.306 e. The van der Waals surface area contributed by atoms with Gasteiger partial charge in [-0.15, -0.1) is 0 Å². The number of benzene rings is 1. The van der Waals surface area contributed by atoms with E-state index in [9.17, 15) is 17.6 Å². The second-order valence-corrected chi connectivity index (χ2v) is 4.32. The van der Waals surface area contributed by atoms with Crippen molar-refractivity contribution in [2.45, 2.75) is 38.9 Å². The number of hydrogen-bond acceptors (Lipinski definition) is 1. The van der Waals surface area contributed by atoms with Crippen molar-refractivity contribution in [2.75, 3.05) is 6.54 Å². The highest BCUT2D eigenvalue weighted by Crippen LogP contribution is 2.24. The number of halogens is 4. The Kier molecular flexibility index (Phi) is 5.14. The second-order valence-electron chi connectivity index (χ2n) is 4.32. The first-order chi connectivity index (χ1) is 8.34. The van der Waals surface area contributed by atoms with E-state index in [4.69, 9.17) is 0 Å². The van der Waals surface area contributed by atoms with Crippen molar-refractivity contribution in [3.8, 4) is 0 Å². The summed E-state index contributed by atoms with van der Waals surface area (Å²) in [4.78, 5) is 0. The monoisotopic (exact) mass is 263 g/mol. The van der Waals surface area contributed by atoms with Gasteiger partial charge in [-0.3, -0.25) is 0 Å². The van der Waals surface area contributed by atoms with Crippen LogP contribution in [-0.2, 0) is 6.42 Å². The molecule has 0 aromatic heterocycles. The van der Waals surface area contributed by atoms with Crippen molar-refractivity contribution < 1.29 is 17.6 Å². The van der Waals surface area contributed by atoms with Crippen molar-refractivity contribution >= 4 is 0 Å². The van der Waals surface area contributed by atoms with Crippen LogP contribution in [0, 0.1) is 12.7 Å². The molecule has 1 unspecified atom stereocenters. The summed E-state index contributed by atoms with van der Waals surface area (Å²) in [5, 5.41) is 2.48. The highest BCUT2D eigenvalue weighted by Gasteiger charge is 2.39. The van der Waals surface area contributed by atoms with Crippen LogP contribution in [0.25, 0.3) is 0 Å². The maximum Gasteiger partial charge on any atom is 0.404 e. The van der Waals surface area contributed by atoms with Crippen molar-refractivity contribution in [3.05, 3.63) is 35.1 Å². The molecule has 0 radical (unpaired) electrons. The molecule has 0 spiro atoms. The van der Waals surface area contributed by atoms with Gasteiger partial charge in [0.15, 0.2) is 0 Å². The zero-order valence-electron chi connectivity index (χ0n) is 10.4. The maximum absolute atomic E-state index is 12.9. The number of aryl methyl sites for hydroxylation is 1. The Balaban J connectivity index is 2.82. The fourth-order valence-electron chi connectivity index (χ4n) is 1.73. The second kappa shape index (κ2) is 6.18. The van der Waals surface area contributed by atoms with Gasteiger partial charge >= 0.3 is 6.18 Å². The minimum absolute atomic E-state index is 0.171. The van der Waals surface area contributed by atoms with Crippen LogP contribution in [0.4, 0.5) is 17.6 Å². The Labute approximate surface area is 104 Å². The molecule has 102 valence electrons. The van der Waals surface area contributed by atoms with Crippen molar-refractivity contribution in [1.29, 1.82) is 0 Å². The number of rotatable bonds is 5. The molecule has 0 aliphatic rings. The standard InChI is InChI=1S/C13H17F4N/c1-3-6-18-12(13(15,16)17)8-10-4-5-11(14)7-9(10)2/h4-5,7,12,18H,3,6,8H2,1-2H3. The van der Waals surface area contributed by atoms with Gasteiger partial charge in [0, 0.05) is 0 Å². The summed E-state index contributed by atoms with van der Waals surface area (Å²) in [6.45, 7) is 3.74. The largest absolute Gasteiger partial charge is 0.404 e. The molecular formula is C13H17F4N. The fraction of sp³-hybridized carbons (Fsp3) is 0.538. The lowest BCUT2D eigenvalue weighted by molar-refractivity contribution is -0.155. The van der Waals surface area contributed by atoms with Crippen molar-refractivity contribution in [3.63, 3.8) is 0 Å². The van der Waals surface area contributed by atoms with E-state index in [0.29, 0.717) is 24.1 Å². The zero-order valence-corrected chi connectivity index (χ0v) is 10.4. The van der Waals surface area contributed by atoms with E-state index in [2.05, 4.69) is 5.32 Å². The Morgan fingerprint density at radius 1 is 1.28 bits per heavy atom. The fourth-order valence-corrected chi connectivity index (χ4v) is 1.73. The number of nitrogens with one attached hydrogen (secondary N) is 1. The van der Waals surface area contributed by atoms with E-state index >= 15 is 0 Å². The van der Waals surface area contributed by atoms with Gasteiger partial charge in [-0.2, -0.15) is 13.2 Å². The first-order valence-electron chi connectivity index (χ1n) is 5.89. The lowest BCUT2D eigenvalue weighted by atomic mass is 10.0. The van der Waals surface area contributed by atoms with Gasteiger partial charge in [-0.05, 0) is 49.6 Å². The van der Waals surface area contributed by atoms with E-state index in [1.807, 2.05) is 6.92 Å². The molecule has 1 N–H and O–H groups in total. The van der Waals surface area contributed by atoms with Gasteiger partial charge in [-0.25, -0.2) is 4.39 Å². The van der Waals surface area contributed by atoms with E-state index in [0.717, 1.165) is 0 Å². The van der Waals surface area contributed by atoms with Crippen molar-refractivity contribution in [1.82, 2.24) is 5.32 Å². The third-order valence-corrected chi connectivity index (χ3v) is 2.76. The average Bonchev–Trinajstić information content (AvgIpc) is 2.25. The van der Waals surface area contributed by atoms with E-state index < -0.39 is 18.0 Å².